The molecule has 128 valence electrons. The molecule has 1 N–H and O–H groups in total. The number of nitrogens with zero attached hydrogens (tertiary/aromatic N) is 2. The second-order valence-electron chi connectivity index (χ2n) is 6.01. The van der Waals surface area contributed by atoms with Crippen LogP contribution in [0.15, 0.2) is 34.9 Å². The number of aliphatic hydroxyl groups is 1. The van der Waals surface area contributed by atoms with Crippen LogP contribution in [0.3, 0.4) is 0 Å². The Morgan fingerprint density at radius 2 is 2.08 bits per heavy atom. The zero-order valence-electron chi connectivity index (χ0n) is 13.9. The third-order valence-electron chi connectivity index (χ3n) is 4.50. The van der Waals surface area contributed by atoms with Gasteiger partial charge in [-0.25, -0.2) is 0 Å². The second kappa shape index (κ2) is 7.15. The van der Waals surface area contributed by atoms with Gasteiger partial charge in [-0.15, -0.1) is 0 Å². The minimum atomic E-state index is -0.422. The van der Waals surface area contributed by atoms with Crippen molar-refractivity contribution in [2.45, 2.75) is 32.4 Å². The molecular weight excluding hydrogens is 308 g/mol. The Labute approximate surface area is 141 Å². The molecule has 0 saturated carbocycles. The molecule has 1 amide bonds. The molecule has 3 rings (SSSR count). The van der Waals surface area contributed by atoms with E-state index in [1.807, 2.05) is 44.2 Å². The van der Waals surface area contributed by atoms with E-state index in [9.17, 15) is 9.90 Å². The maximum atomic E-state index is 12.9. The number of hydrogen-bond acceptors (Lipinski definition) is 5. The lowest BCUT2D eigenvalue weighted by molar-refractivity contribution is -0.149. The molecule has 24 heavy (non-hydrogen) atoms. The van der Waals surface area contributed by atoms with E-state index >= 15 is 0 Å². The highest BCUT2D eigenvalue weighted by molar-refractivity contribution is 5.80. The first-order valence-electron chi connectivity index (χ1n) is 8.10. The molecule has 6 heteroatoms. The molecule has 1 fully saturated rings. The number of rotatable bonds is 4. The molecule has 1 aromatic carbocycles. The van der Waals surface area contributed by atoms with Gasteiger partial charge in [-0.3, -0.25) is 4.79 Å². The summed E-state index contributed by atoms with van der Waals surface area (Å²) in [5.41, 5.74) is 2.53. The molecule has 1 saturated heterocycles. The summed E-state index contributed by atoms with van der Waals surface area (Å²) < 4.78 is 10.8. The van der Waals surface area contributed by atoms with E-state index in [0.717, 1.165) is 16.8 Å². The predicted octanol–water partition coefficient (Wildman–Crippen LogP) is 1.79. The highest BCUT2D eigenvalue weighted by Gasteiger charge is 2.36. The van der Waals surface area contributed by atoms with E-state index in [1.165, 1.54) is 0 Å². The van der Waals surface area contributed by atoms with Crippen LogP contribution in [0.1, 0.15) is 28.6 Å². The molecule has 0 spiro atoms. The third kappa shape index (κ3) is 3.20. The summed E-state index contributed by atoms with van der Waals surface area (Å²) in [7, 11) is 0. The van der Waals surface area contributed by atoms with Crippen molar-refractivity contribution in [3.63, 3.8) is 0 Å². The van der Waals surface area contributed by atoms with Gasteiger partial charge in [0, 0.05) is 12.1 Å². The molecular formula is C18H22N2O4. The first-order valence-corrected chi connectivity index (χ1v) is 8.10. The van der Waals surface area contributed by atoms with E-state index in [-0.39, 0.29) is 25.0 Å². The Bertz CT molecular complexity index is 679. The summed E-state index contributed by atoms with van der Waals surface area (Å²) in [6, 6.07) is 9.40. The lowest BCUT2D eigenvalue weighted by Gasteiger charge is -2.41. The lowest BCUT2D eigenvalue weighted by Crippen LogP contribution is -2.50. The number of ether oxygens (including phenoxy) is 1. The van der Waals surface area contributed by atoms with E-state index in [2.05, 4.69) is 5.16 Å². The van der Waals surface area contributed by atoms with Crippen molar-refractivity contribution in [2.24, 2.45) is 0 Å². The summed E-state index contributed by atoms with van der Waals surface area (Å²) in [5, 5.41) is 13.6. The Balaban J connectivity index is 1.87. The van der Waals surface area contributed by atoms with Gasteiger partial charge in [-0.05, 0) is 19.4 Å². The molecule has 2 aromatic rings. The number of aliphatic hydroxyl groups excluding tert-OH is 1. The van der Waals surface area contributed by atoms with Crippen LogP contribution in [0.2, 0.25) is 0 Å². The van der Waals surface area contributed by atoms with Gasteiger partial charge >= 0.3 is 0 Å². The molecule has 1 aliphatic heterocycles. The first-order chi connectivity index (χ1) is 11.6. The van der Waals surface area contributed by atoms with Crippen LogP contribution >= 0.6 is 0 Å². The van der Waals surface area contributed by atoms with Crippen molar-refractivity contribution in [2.75, 3.05) is 19.8 Å². The van der Waals surface area contributed by atoms with E-state index in [4.69, 9.17) is 9.26 Å². The van der Waals surface area contributed by atoms with Gasteiger partial charge in [-0.2, -0.15) is 0 Å². The highest BCUT2D eigenvalue weighted by atomic mass is 16.5. The Hall–Kier alpha value is -2.18. The molecule has 0 unspecified atom stereocenters. The standard InChI is InChI=1S/C18H22N2O4/c1-12-15(13(2)24-19-12)10-17(22)20-8-9-23-16(11-21)18(20)14-6-4-3-5-7-14/h3-7,16,18,21H,8-11H2,1-2H3/t16-,18-/m1/s1. The largest absolute Gasteiger partial charge is 0.394 e. The van der Waals surface area contributed by atoms with Crippen molar-refractivity contribution >= 4 is 5.91 Å². The molecule has 6 nitrogen and oxygen atoms in total. The normalized spacial score (nSPS) is 21.0. The van der Waals surface area contributed by atoms with Gasteiger partial charge in [0.05, 0.1) is 31.4 Å². The molecule has 2 heterocycles. The first kappa shape index (κ1) is 16.7. The number of carbonyl (C=O) groups is 1. The fraction of sp³-hybridized carbons (Fsp3) is 0.444. The average molecular weight is 330 g/mol. The van der Waals surface area contributed by atoms with Crippen LogP contribution in [0, 0.1) is 13.8 Å². The quantitative estimate of drug-likeness (QED) is 0.925. The predicted molar refractivity (Wildman–Crippen MR) is 87.4 cm³/mol. The van der Waals surface area contributed by atoms with Gasteiger partial charge in [-0.1, -0.05) is 35.5 Å². The van der Waals surface area contributed by atoms with Crippen LogP contribution in [-0.2, 0) is 16.0 Å². The smallest absolute Gasteiger partial charge is 0.227 e. The van der Waals surface area contributed by atoms with Crippen molar-refractivity contribution in [1.29, 1.82) is 0 Å². The Morgan fingerprint density at radius 3 is 2.71 bits per heavy atom. The van der Waals surface area contributed by atoms with Gasteiger partial charge in [0.2, 0.25) is 5.91 Å². The van der Waals surface area contributed by atoms with Gasteiger partial charge in [0.15, 0.2) is 0 Å². The van der Waals surface area contributed by atoms with E-state index < -0.39 is 6.10 Å². The zero-order valence-corrected chi connectivity index (χ0v) is 13.9. The number of amides is 1. The van der Waals surface area contributed by atoms with Gasteiger partial charge in [0.25, 0.3) is 0 Å². The average Bonchev–Trinajstić information content (AvgIpc) is 2.93. The molecule has 0 bridgehead atoms. The maximum absolute atomic E-state index is 12.9. The third-order valence-corrected chi connectivity index (χ3v) is 4.50. The molecule has 0 aliphatic carbocycles. The van der Waals surface area contributed by atoms with Crippen LogP contribution in [0.25, 0.3) is 0 Å². The SMILES string of the molecule is Cc1noc(C)c1CC(=O)N1CCO[C@H](CO)[C@H]1c1ccccc1. The summed E-state index contributed by atoms with van der Waals surface area (Å²) in [4.78, 5) is 14.7. The number of hydrogen-bond donors (Lipinski definition) is 1. The van der Waals surface area contributed by atoms with Crippen molar-refractivity contribution in [3.05, 3.63) is 52.9 Å². The molecule has 2 atom stereocenters. The Morgan fingerprint density at radius 1 is 1.33 bits per heavy atom. The maximum Gasteiger partial charge on any atom is 0.227 e. The minimum Gasteiger partial charge on any atom is -0.394 e. The van der Waals surface area contributed by atoms with Crippen LogP contribution in [0.5, 0.6) is 0 Å². The van der Waals surface area contributed by atoms with E-state index in [1.54, 1.807) is 4.90 Å². The fourth-order valence-electron chi connectivity index (χ4n) is 3.22. The summed E-state index contributed by atoms with van der Waals surface area (Å²) in [6.07, 6.45) is -0.183. The van der Waals surface area contributed by atoms with Crippen LogP contribution < -0.4 is 0 Å². The summed E-state index contributed by atoms with van der Waals surface area (Å²) >= 11 is 0. The minimum absolute atomic E-state index is 0.0139. The highest BCUT2D eigenvalue weighted by Crippen LogP contribution is 2.30. The zero-order chi connectivity index (χ0) is 17.1. The van der Waals surface area contributed by atoms with E-state index in [0.29, 0.717) is 18.9 Å². The molecule has 0 radical (unpaired) electrons. The topological polar surface area (TPSA) is 75.8 Å². The number of aromatic nitrogens is 1. The van der Waals surface area contributed by atoms with Crippen molar-refractivity contribution in [3.8, 4) is 0 Å². The summed E-state index contributed by atoms with van der Waals surface area (Å²) in [5.74, 6) is 0.657. The number of benzene rings is 1. The number of carbonyl (C=O) groups excluding carboxylic acids is 1. The molecule has 1 aliphatic rings. The summed E-state index contributed by atoms with van der Waals surface area (Å²) in [6.45, 7) is 4.44. The number of aryl methyl sites for hydroxylation is 2. The molecule has 1 aromatic heterocycles. The van der Waals surface area contributed by atoms with Gasteiger partial charge < -0.3 is 19.3 Å². The van der Waals surface area contributed by atoms with Crippen LogP contribution in [0.4, 0.5) is 0 Å². The van der Waals surface area contributed by atoms with Crippen molar-refractivity contribution < 1.29 is 19.2 Å². The lowest BCUT2D eigenvalue weighted by atomic mass is 9.97. The fourth-order valence-corrected chi connectivity index (χ4v) is 3.22. The second-order valence-corrected chi connectivity index (χ2v) is 6.01. The monoisotopic (exact) mass is 330 g/mol. The Kier molecular flexibility index (Phi) is 4.97. The van der Waals surface area contributed by atoms with Gasteiger partial charge in [0.1, 0.15) is 11.9 Å². The number of morpholine rings is 1. The van der Waals surface area contributed by atoms with Crippen LogP contribution in [-0.4, -0.2) is 46.9 Å². The van der Waals surface area contributed by atoms with Crippen molar-refractivity contribution in [1.82, 2.24) is 10.1 Å².